The van der Waals surface area contributed by atoms with E-state index in [9.17, 15) is 18.0 Å². The Morgan fingerprint density at radius 3 is 2.21 bits per heavy atom. The molecule has 1 aliphatic rings. The normalized spacial score (nSPS) is 14.9. The second kappa shape index (κ2) is 9.39. The minimum absolute atomic E-state index is 0.187. The van der Waals surface area contributed by atoms with E-state index < -0.39 is 28.5 Å². The number of esters is 1. The predicted octanol–water partition coefficient (Wildman–Crippen LogP) is 3.31. The summed E-state index contributed by atoms with van der Waals surface area (Å²) in [6, 6.07) is 12.0. The van der Waals surface area contributed by atoms with Crippen LogP contribution in [0.1, 0.15) is 29.6 Å². The molecule has 0 atom stereocenters. The van der Waals surface area contributed by atoms with Crippen LogP contribution in [0.3, 0.4) is 0 Å². The fourth-order valence-electron chi connectivity index (χ4n) is 2.96. The summed E-state index contributed by atoms with van der Waals surface area (Å²) in [7, 11) is -3.52. The van der Waals surface area contributed by atoms with Gasteiger partial charge in [-0.2, -0.15) is 4.31 Å². The molecule has 1 amide bonds. The molecule has 1 fully saturated rings. The Morgan fingerprint density at radius 1 is 0.966 bits per heavy atom. The number of carbonyl (C=O) groups excluding carboxylic acids is 2. The first-order chi connectivity index (χ1) is 13.9. The van der Waals surface area contributed by atoms with E-state index in [1.807, 2.05) is 0 Å². The molecule has 0 aliphatic carbocycles. The van der Waals surface area contributed by atoms with Crippen molar-refractivity contribution in [3.8, 4) is 0 Å². The van der Waals surface area contributed by atoms with Crippen LogP contribution >= 0.6 is 11.6 Å². The number of ether oxygens (including phenoxy) is 1. The van der Waals surface area contributed by atoms with Gasteiger partial charge in [-0.05, 0) is 61.4 Å². The van der Waals surface area contributed by atoms with Crippen LogP contribution in [0.25, 0.3) is 0 Å². The number of hydrogen-bond donors (Lipinski definition) is 1. The molecule has 0 unspecified atom stereocenters. The fraction of sp³-hybridized carbons (Fsp3) is 0.300. The van der Waals surface area contributed by atoms with Crippen molar-refractivity contribution >= 4 is 39.2 Å². The summed E-state index contributed by atoms with van der Waals surface area (Å²) in [4.78, 5) is 24.1. The average Bonchev–Trinajstić information content (AvgIpc) is 2.73. The highest BCUT2D eigenvalue weighted by molar-refractivity contribution is 7.89. The second-order valence-corrected chi connectivity index (χ2v) is 8.99. The van der Waals surface area contributed by atoms with E-state index in [1.54, 1.807) is 12.1 Å². The molecule has 154 valence electrons. The Balaban J connectivity index is 1.54. The van der Waals surface area contributed by atoms with Crippen molar-refractivity contribution in [3.63, 3.8) is 0 Å². The monoisotopic (exact) mass is 436 g/mol. The minimum atomic E-state index is -3.52. The van der Waals surface area contributed by atoms with Crippen LogP contribution in [0, 0.1) is 0 Å². The lowest BCUT2D eigenvalue weighted by molar-refractivity contribution is -0.119. The number of benzene rings is 2. The topological polar surface area (TPSA) is 92.8 Å². The Bertz CT molecular complexity index is 969. The predicted molar refractivity (Wildman–Crippen MR) is 109 cm³/mol. The smallest absolute Gasteiger partial charge is 0.338 e. The summed E-state index contributed by atoms with van der Waals surface area (Å²) in [6.07, 6.45) is 2.77. The SMILES string of the molecule is O=C(COC(=O)c1ccc(Cl)cc1)Nc1ccc(S(=O)(=O)N2CCCCC2)cc1. The highest BCUT2D eigenvalue weighted by atomic mass is 35.5. The van der Waals surface area contributed by atoms with Crippen LogP contribution in [0.2, 0.25) is 5.02 Å². The summed E-state index contributed by atoms with van der Waals surface area (Å²) in [5.74, 6) is -1.17. The molecule has 9 heteroatoms. The molecule has 0 aromatic heterocycles. The van der Waals surface area contributed by atoms with Crippen LogP contribution in [0.15, 0.2) is 53.4 Å². The van der Waals surface area contributed by atoms with E-state index in [0.29, 0.717) is 23.8 Å². The quantitative estimate of drug-likeness (QED) is 0.701. The van der Waals surface area contributed by atoms with Crippen molar-refractivity contribution in [2.45, 2.75) is 24.2 Å². The van der Waals surface area contributed by atoms with E-state index in [0.717, 1.165) is 19.3 Å². The van der Waals surface area contributed by atoms with Gasteiger partial charge in [0.2, 0.25) is 10.0 Å². The molecule has 1 heterocycles. The number of rotatable bonds is 6. The fourth-order valence-corrected chi connectivity index (χ4v) is 4.61. The summed E-state index contributed by atoms with van der Waals surface area (Å²) in [5.41, 5.74) is 0.699. The molecule has 0 saturated carbocycles. The number of carbonyl (C=O) groups is 2. The van der Waals surface area contributed by atoms with Gasteiger partial charge in [0.05, 0.1) is 10.5 Å². The first-order valence-electron chi connectivity index (χ1n) is 9.19. The van der Waals surface area contributed by atoms with Gasteiger partial charge in [0.1, 0.15) is 0 Å². The first kappa shape index (κ1) is 21.3. The van der Waals surface area contributed by atoms with Crippen LogP contribution in [0.4, 0.5) is 5.69 Å². The molecule has 29 heavy (non-hydrogen) atoms. The van der Waals surface area contributed by atoms with Crippen molar-refractivity contribution in [1.29, 1.82) is 0 Å². The van der Waals surface area contributed by atoms with E-state index >= 15 is 0 Å². The number of nitrogens with zero attached hydrogens (tertiary/aromatic N) is 1. The minimum Gasteiger partial charge on any atom is -0.452 e. The van der Waals surface area contributed by atoms with Crippen LogP contribution in [0.5, 0.6) is 0 Å². The van der Waals surface area contributed by atoms with Crippen molar-refractivity contribution < 1.29 is 22.7 Å². The van der Waals surface area contributed by atoms with Gasteiger partial charge in [-0.1, -0.05) is 18.0 Å². The number of sulfonamides is 1. The number of amides is 1. The van der Waals surface area contributed by atoms with E-state index in [4.69, 9.17) is 16.3 Å². The third-order valence-corrected chi connectivity index (χ3v) is 6.67. The van der Waals surface area contributed by atoms with Gasteiger partial charge in [0.15, 0.2) is 6.61 Å². The highest BCUT2D eigenvalue weighted by Gasteiger charge is 2.25. The maximum Gasteiger partial charge on any atom is 0.338 e. The molecule has 0 spiro atoms. The molecule has 2 aromatic carbocycles. The first-order valence-corrected chi connectivity index (χ1v) is 11.0. The molecule has 0 radical (unpaired) electrons. The van der Waals surface area contributed by atoms with E-state index in [1.165, 1.54) is 40.7 Å². The molecule has 1 aliphatic heterocycles. The highest BCUT2D eigenvalue weighted by Crippen LogP contribution is 2.22. The largest absolute Gasteiger partial charge is 0.452 e. The van der Waals surface area contributed by atoms with Crippen molar-refractivity contribution in [1.82, 2.24) is 4.31 Å². The molecule has 7 nitrogen and oxygen atoms in total. The molecular formula is C20H21ClN2O5S. The third-order valence-electron chi connectivity index (χ3n) is 4.51. The van der Waals surface area contributed by atoms with Gasteiger partial charge >= 0.3 is 5.97 Å². The van der Waals surface area contributed by atoms with Crippen molar-refractivity contribution in [2.24, 2.45) is 0 Å². The Labute approximate surface area is 174 Å². The number of halogens is 1. The summed E-state index contributed by atoms with van der Waals surface area (Å²) < 4.78 is 31.7. The lowest BCUT2D eigenvalue weighted by atomic mass is 10.2. The van der Waals surface area contributed by atoms with Crippen LogP contribution in [-0.2, 0) is 19.6 Å². The van der Waals surface area contributed by atoms with Gasteiger partial charge in [-0.15, -0.1) is 0 Å². The number of nitrogens with one attached hydrogen (secondary N) is 1. The summed E-state index contributed by atoms with van der Waals surface area (Å²) >= 11 is 5.76. The number of anilines is 1. The summed E-state index contributed by atoms with van der Waals surface area (Å²) in [6.45, 7) is 0.592. The van der Waals surface area contributed by atoms with E-state index in [2.05, 4.69) is 5.32 Å². The second-order valence-electron chi connectivity index (χ2n) is 6.62. The molecule has 1 N–H and O–H groups in total. The van der Waals surface area contributed by atoms with Gasteiger partial charge < -0.3 is 10.1 Å². The molecule has 1 saturated heterocycles. The van der Waals surface area contributed by atoms with Gasteiger partial charge in [0.25, 0.3) is 5.91 Å². The lowest BCUT2D eigenvalue weighted by Gasteiger charge is -2.25. The molecular weight excluding hydrogens is 416 g/mol. The maximum atomic E-state index is 12.6. The Kier molecular flexibility index (Phi) is 6.89. The zero-order valence-electron chi connectivity index (χ0n) is 15.6. The number of hydrogen-bond acceptors (Lipinski definition) is 5. The van der Waals surface area contributed by atoms with Gasteiger partial charge in [0, 0.05) is 23.8 Å². The number of piperidine rings is 1. The molecule has 0 bridgehead atoms. The lowest BCUT2D eigenvalue weighted by Crippen LogP contribution is -2.35. The van der Waals surface area contributed by atoms with Crippen LogP contribution < -0.4 is 5.32 Å². The zero-order chi connectivity index (χ0) is 20.9. The van der Waals surface area contributed by atoms with Gasteiger partial charge in [-0.3, -0.25) is 4.79 Å². The van der Waals surface area contributed by atoms with Crippen molar-refractivity contribution in [2.75, 3.05) is 25.0 Å². The standard InChI is InChI=1S/C20H21ClN2O5S/c21-16-6-4-15(5-7-16)20(25)28-14-19(24)22-17-8-10-18(11-9-17)29(26,27)23-12-2-1-3-13-23/h4-11H,1-3,12-14H2,(H,22,24). The van der Waals surface area contributed by atoms with Gasteiger partial charge in [-0.25, -0.2) is 13.2 Å². The zero-order valence-corrected chi connectivity index (χ0v) is 17.2. The van der Waals surface area contributed by atoms with E-state index in [-0.39, 0.29) is 10.5 Å². The molecule has 3 rings (SSSR count). The van der Waals surface area contributed by atoms with Crippen molar-refractivity contribution in [3.05, 3.63) is 59.1 Å². The molecule has 2 aromatic rings. The maximum absolute atomic E-state index is 12.6. The Morgan fingerprint density at radius 2 is 1.59 bits per heavy atom. The average molecular weight is 437 g/mol. The Hall–Kier alpha value is -2.42. The third kappa shape index (κ3) is 5.56. The summed E-state index contributed by atoms with van der Waals surface area (Å²) in [5, 5.41) is 3.06. The van der Waals surface area contributed by atoms with Crippen LogP contribution in [-0.4, -0.2) is 44.3 Å².